The molecule has 1 atom stereocenters. The Balaban J connectivity index is 2.27. The average molecular weight is 344 g/mol. The van der Waals surface area contributed by atoms with Gasteiger partial charge in [-0.3, -0.25) is 0 Å². The highest BCUT2D eigenvalue weighted by Crippen LogP contribution is 2.29. The molecular weight excluding hydrogens is 333 g/mol. The van der Waals surface area contributed by atoms with E-state index in [-0.39, 0.29) is 32.9 Å². The second kappa shape index (κ2) is 5.21. The summed E-state index contributed by atoms with van der Waals surface area (Å²) in [5.74, 6) is -0.201. The molecule has 0 unspecified atom stereocenters. The highest BCUT2D eigenvalue weighted by molar-refractivity contribution is 7.92. The molecule has 1 fully saturated rings. The lowest BCUT2D eigenvalue weighted by Gasteiger charge is -2.13. The summed E-state index contributed by atoms with van der Waals surface area (Å²) in [6.45, 7) is 0. The number of rotatable bonds is 3. The minimum atomic E-state index is -3.88. The molecule has 1 aromatic carbocycles. The monoisotopic (exact) mass is 343 g/mol. The molecule has 1 aliphatic heterocycles. The van der Waals surface area contributed by atoms with E-state index in [4.69, 9.17) is 23.2 Å². The fourth-order valence-corrected chi connectivity index (χ4v) is 5.67. The van der Waals surface area contributed by atoms with E-state index in [2.05, 4.69) is 4.72 Å². The summed E-state index contributed by atoms with van der Waals surface area (Å²) in [7, 11) is -7.03. The molecule has 1 aliphatic rings. The molecule has 0 bridgehead atoms. The van der Waals surface area contributed by atoms with Crippen LogP contribution in [-0.2, 0) is 19.9 Å². The zero-order valence-corrected chi connectivity index (χ0v) is 12.8. The second-order valence-corrected chi connectivity index (χ2v) is 8.97. The molecule has 106 valence electrons. The number of halogens is 2. The maximum Gasteiger partial charge on any atom is 0.242 e. The van der Waals surface area contributed by atoms with Gasteiger partial charge in [-0.05, 0) is 18.6 Å². The highest BCUT2D eigenvalue weighted by atomic mass is 35.5. The van der Waals surface area contributed by atoms with Gasteiger partial charge in [0.15, 0.2) is 9.84 Å². The predicted octanol–water partition coefficient (Wildman–Crippen LogP) is 1.46. The second-order valence-electron chi connectivity index (χ2n) is 4.27. The SMILES string of the molecule is O=S1(=O)CC[C@@H](NS(=O)(=O)c2cccc(Cl)c2Cl)C1. The first-order chi connectivity index (χ1) is 8.71. The number of nitrogens with one attached hydrogen (secondary N) is 1. The molecule has 1 aromatic rings. The smallest absolute Gasteiger partial charge is 0.229 e. The third-order valence-corrected chi connectivity index (χ3v) is 7.02. The van der Waals surface area contributed by atoms with Crippen LogP contribution in [0.4, 0.5) is 0 Å². The fourth-order valence-electron chi connectivity index (χ4n) is 1.86. The molecule has 0 aromatic heterocycles. The van der Waals surface area contributed by atoms with Crippen molar-refractivity contribution in [1.82, 2.24) is 4.72 Å². The maximum absolute atomic E-state index is 12.1. The molecule has 5 nitrogen and oxygen atoms in total. The van der Waals surface area contributed by atoms with Gasteiger partial charge in [-0.1, -0.05) is 29.3 Å². The summed E-state index contributed by atoms with van der Waals surface area (Å²) in [4.78, 5) is -0.147. The van der Waals surface area contributed by atoms with Crippen LogP contribution in [-0.4, -0.2) is 34.4 Å². The van der Waals surface area contributed by atoms with Crippen LogP contribution in [0.25, 0.3) is 0 Å². The topological polar surface area (TPSA) is 80.3 Å². The molecule has 9 heteroatoms. The Morgan fingerprint density at radius 2 is 1.95 bits per heavy atom. The Morgan fingerprint density at radius 3 is 2.53 bits per heavy atom. The molecule has 2 rings (SSSR count). The lowest BCUT2D eigenvalue weighted by Crippen LogP contribution is -2.35. The molecule has 0 amide bonds. The van der Waals surface area contributed by atoms with Crippen molar-refractivity contribution in [2.45, 2.75) is 17.4 Å². The number of hydrogen-bond acceptors (Lipinski definition) is 4. The molecule has 0 spiro atoms. The van der Waals surface area contributed by atoms with Crippen LogP contribution in [0.2, 0.25) is 10.0 Å². The lowest BCUT2D eigenvalue weighted by atomic mass is 10.3. The van der Waals surface area contributed by atoms with Gasteiger partial charge in [0.05, 0.1) is 21.6 Å². The van der Waals surface area contributed by atoms with Gasteiger partial charge < -0.3 is 0 Å². The van der Waals surface area contributed by atoms with Crippen LogP contribution in [0.5, 0.6) is 0 Å². The normalized spacial score (nSPS) is 22.5. The Morgan fingerprint density at radius 1 is 1.26 bits per heavy atom. The van der Waals surface area contributed by atoms with Crippen LogP contribution in [0.3, 0.4) is 0 Å². The first kappa shape index (κ1) is 15.1. The van der Waals surface area contributed by atoms with Crippen LogP contribution in [0.1, 0.15) is 6.42 Å². The molecule has 1 saturated heterocycles. The van der Waals surface area contributed by atoms with Crippen molar-refractivity contribution in [2.75, 3.05) is 11.5 Å². The number of hydrogen-bond donors (Lipinski definition) is 1. The van der Waals surface area contributed by atoms with E-state index < -0.39 is 25.9 Å². The first-order valence-corrected chi connectivity index (χ1v) is 9.44. The van der Waals surface area contributed by atoms with E-state index in [1.54, 1.807) is 0 Å². The van der Waals surface area contributed by atoms with Crippen LogP contribution >= 0.6 is 23.2 Å². The molecule has 0 radical (unpaired) electrons. The van der Waals surface area contributed by atoms with Crippen molar-refractivity contribution >= 4 is 43.1 Å². The average Bonchev–Trinajstić information content (AvgIpc) is 2.61. The number of sulfone groups is 1. The van der Waals surface area contributed by atoms with Crippen molar-refractivity contribution in [2.24, 2.45) is 0 Å². The van der Waals surface area contributed by atoms with Gasteiger partial charge in [0.1, 0.15) is 4.90 Å². The van der Waals surface area contributed by atoms with Crippen molar-refractivity contribution in [1.29, 1.82) is 0 Å². The zero-order chi connectivity index (χ0) is 14.3. The van der Waals surface area contributed by atoms with Crippen molar-refractivity contribution in [3.63, 3.8) is 0 Å². The maximum atomic E-state index is 12.1. The van der Waals surface area contributed by atoms with Gasteiger partial charge in [0.25, 0.3) is 0 Å². The van der Waals surface area contributed by atoms with Crippen LogP contribution in [0, 0.1) is 0 Å². The largest absolute Gasteiger partial charge is 0.242 e. The fraction of sp³-hybridized carbons (Fsp3) is 0.400. The zero-order valence-electron chi connectivity index (χ0n) is 9.64. The summed E-state index contributed by atoms with van der Waals surface area (Å²) in [6.07, 6.45) is 0.264. The Bertz CT molecular complexity index is 700. The van der Waals surface area contributed by atoms with E-state index in [0.29, 0.717) is 0 Å². The van der Waals surface area contributed by atoms with Gasteiger partial charge in [0, 0.05) is 6.04 Å². The molecule has 19 heavy (non-hydrogen) atoms. The quantitative estimate of drug-likeness (QED) is 0.900. The standard InChI is InChI=1S/C10H11Cl2NO4S2/c11-8-2-1-3-9(10(8)12)19(16,17)13-7-4-5-18(14,15)6-7/h1-3,7,13H,4-6H2/t7-/m1/s1. The van der Waals surface area contributed by atoms with Gasteiger partial charge in [-0.25, -0.2) is 21.6 Å². The van der Waals surface area contributed by atoms with Crippen molar-refractivity contribution in [3.05, 3.63) is 28.2 Å². The van der Waals surface area contributed by atoms with Crippen molar-refractivity contribution in [3.8, 4) is 0 Å². The summed E-state index contributed by atoms with van der Waals surface area (Å²) in [5, 5.41) is 0.0566. The molecule has 1 N–H and O–H groups in total. The van der Waals surface area contributed by atoms with Crippen LogP contribution < -0.4 is 4.72 Å². The third kappa shape index (κ3) is 3.41. The minimum absolute atomic E-state index is 0.0105. The van der Waals surface area contributed by atoms with E-state index in [9.17, 15) is 16.8 Å². The number of sulfonamides is 1. The van der Waals surface area contributed by atoms with Crippen LogP contribution in [0.15, 0.2) is 23.1 Å². The van der Waals surface area contributed by atoms with Gasteiger partial charge >= 0.3 is 0 Å². The van der Waals surface area contributed by atoms with Gasteiger partial charge in [0.2, 0.25) is 10.0 Å². The van der Waals surface area contributed by atoms with E-state index in [0.717, 1.165) is 0 Å². The summed E-state index contributed by atoms with van der Waals surface area (Å²) in [5.41, 5.74) is 0. The van der Waals surface area contributed by atoms with Gasteiger partial charge in [-0.2, -0.15) is 0 Å². The van der Waals surface area contributed by atoms with E-state index >= 15 is 0 Å². The molecule has 0 saturated carbocycles. The summed E-state index contributed by atoms with van der Waals surface area (Å²) < 4.78 is 49.2. The summed E-state index contributed by atoms with van der Waals surface area (Å²) >= 11 is 11.6. The highest BCUT2D eigenvalue weighted by Gasteiger charge is 2.32. The van der Waals surface area contributed by atoms with E-state index in [1.165, 1.54) is 18.2 Å². The molecule has 0 aliphatic carbocycles. The van der Waals surface area contributed by atoms with Crippen molar-refractivity contribution < 1.29 is 16.8 Å². The number of benzene rings is 1. The first-order valence-electron chi connectivity index (χ1n) is 5.38. The van der Waals surface area contributed by atoms with Gasteiger partial charge in [-0.15, -0.1) is 0 Å². The minimum Gasteiger partial charge on any atom is -0.229 e. The predicted molar refractivity (Wildman–Crippen MR) is 73.8 cm³/mol. The molecular formula is C10H11Cl2NO4S2. The Kier molecular flexibility index (Phi) is 4.13. The molecule has 1 heterocycles. The lowest BCUT2D eigenvalue weighted by molar-refractivity contribution is 0.562. The Labute approximate surface area is 121 Å². The van der Waals surface area contributed by atoms with E-state index in [1.807, 2.05) is 0 Å². The summed E-state index contributed by atoms with van der Waals surface area (Å²) in [6, 6.07) is 3.64. The Hall–Kier alpha value is -0.340. The third-order valence-electron chi connectivity index (χ3n) is 2.76.